The number of aliphatic hydroxyl groups is 1. The third kappa shape index (κ3) is 39.3. The lowest BCUT2D eigenvalue weighted by Crippen LogP contribution is -2.28. The van der Waals surface area contributed by atoms with Gasteiger partial charge in [-0.05, 0) is 38.5 Å². The Bertz CT molecular complexity index is 705. The Balaban J connectivity index is 3.44. The van der Waals surface area contributed by atoms with E-state index < -0.39 is 6.10 Å². The van der Waals surface area contributed by atoms with Crippen LogP contribution in [0.1, 0.15) is 239 Å². The SMILES string of the molecule is CCCCCCCCCC/C=C\CCCCCCCCCCCCCCCC(=O)OC(CO)COC(=O)CCCCCCCCCCCC. The number of esters is 2. The number of rotatable bonds is 40. The minimum atomic E-state index is -0.763. The summed E-state index contributed by atoms with van der Waals surface area (Å²) < 4.78 is 10.6. The molecule has 0 aromatic rings. The summed E-state index contributed by atoms with van der Waals surface area (Å²) in [4.78, 5) is 24.2. The molecule has 5 heteroatoms. The van der Waals surface area contributed by atoms with Crippen molar-refractivity contribution in [1.82, 2.24) is 0 Å². The number of aliphatic hydroxyl groups excluding tert-OH is 1. The fourth-order valence-corrected chi connectivity index (χ4v) is 6.49. The van der Waals surface area contributed by atoms with E-state index in [0.717, 1.165) is 38.5 Å². The molecular weight excluding hydrogens is 608 g/mol. The Morgan fingerprint density at radius 3 is 1.10 bits per heavy atom. The van der Waals surface area contributed by atoms with Crippen LogP contribution in [-0.4, -0.2) is 36.4 Å². The number of allylic oxidation sites excluding steroid dienone is 2. The van der Waals surface area contributed by atoms with Gasteiger partial charge in [0, 0.05) is 12.8 Å². The van der Waals surface area contributed by atoms with Gasteiger partial charge in [-0.3, -0.25) is 9.59 Å². The second kappa shape index (κ2) is 41.1. The Kier molecular flexibility index (Phi) is 39.9. The Hall–Kier alpha value is -1.36. The summed E-state index contributed by atoms with van der Waals surface area (Å²) in [5.74, 6) is -0.581. The van der Waals surface area contributed by atoms with Crippen molar-refractivity contribution in [2.45, 2.75) is 245 Å². The molecule has 1 atom stereocenters. The zero-order valence-electron chi connectivity index (χ0n) is 33.0. The largest absolute Gasteiger partial charge is 0.462 e. The van der Waals surface area contributed by atoms with Gasteiger partial charge >= 0.3 is 11.9 Å². The molecule has 0 aliphatic heterocycles. The average molecular weight is 693 g/mol. The maximum absolute atomic E-state index is 12.2. The lowest BCUT2D eigenvalue weighted by atomic mass is 10.0. The molecule has 0 saturated carbocycles. The summed E-state index contributed by atoms with van der Waals surface area (Å²) in [5.41, 5.74) is 0. The van der Waals surface area contributed by atoms with Crippen LogP contribution in [0.4, 0.5) is 0 Å². The third-order valence-electron chi connectivity index (χ3n) is 9.81. The first-order chi connectivity index (χ1) is 24.1. The van der Waals surface area contributed by atoms with Crippen LogP contribution in [-0.2, 0) is 19.1 Å². The van der Waals surface area contributed by atoms with Crippen molar-refractivity contribution >= 4 is 11.9 Å². The van der Waals surface area contributed by atoms with Gasteiger partial charge in [-0.1, -0.05) is 199 Å². The van der Waals surface area contributed by atoms with Crippen LogP contribution >= 0.6 is 0 Å². The number of hydrogen-bond acceptors (Lipinski definition) is 5. The first kappa shape index (κ1) is 47.6. The lowest BCUT2D eigenvalue weighted by Gasteiger charge is -2.15. The molecule has 0 heterocycles. The maximum Gasteiger partial charge on any atom is 0.306 e. The predicted molar refractivity (Wildman–Crippen MR) is 210 cm³/mol. The van der Waals surface area contributed by atoms with Crippen molar-refractivity contribution in [3.05, 3.63) is 12.2 Å². The molecule has 0 saturated heterocycles. The number of carbonyl (C=O) groups excluding carboxylic acids is 2. The summed E-state index contributed by atoms with van der Waals surface area (Å²) in [6, 6.07) is 0. The topological polar surface area (TPSA) is 72.8 Å². The third-order valence-corrected chi connectivity index (χ3v) is 9.81. The second-order valence-corrected chi connectivity index (χ2v) is 14.8. The van der Waals surface area contributed by atoms with Gasteiger partial charge in [0.2, 0.25) is 0 Å². The van der Waals surface area contributed by atoms with Crippen molar-refractivity contribution in [3.63, 3.8) is 0 Å². The van der Waals surface area contributed by atoms with E-state index in [1.165, 1.54) is 173 Å². The summed E-state index contributed by atoms with van der Waals surface area (Å²) in [6.07, 6.45) is 47.2. The molecule has 0 aromatic carbocycles. The van der Waals surface area contributed by atoms with Gasteiger partial charge in [0.25, 0.3) is 0 Å². The molecule has 5 nitrogen and oxygen atoms in total. The van der Waals surface area contributed by atoms with Crippen LogP contribution in [0.25, 0.3) is 0 Å². The van der Waals surface area contributed by atoms with E-state index in [4.69, 9.17) is 9.47 Å². The molecule has 0 rings (SSSR count). The molecule has 0 bridgehead atoms. The Labute approximate surface area is 305 Å². The van der Waals surface area contributed by atoms with Crippen molar-refractivity contribution < 1.29 is 24.2 Å². The Morgan fingerprint density at radius 1 is 0.449 bits per heavy atom. The van der Waals surface area contributed by atoms with Crippen LogP contribution in [0.5, 0.6) is 0 Å². The van der Waals surface area contributed by atoms with Crippen molar-refractivity contribution in [3.8, 4) is 0 Å². The van der Waals surface area contributed by atoms with E-state index in [9.17, 15) is 14.7 Å². The standard InChI is InChI=1S/C44H84O5/c1-3-5-7-9-11-13-15-16-17-18-19-20-21-22-23-24-25-26-27-28-29-31-33-35-37-39-44(47)49-42(40-45)41-48-43(46)38-36-34-32-30-14-12-10-8-6-4-2/h18-19,42,45H,3-17,20-41H2,1-2H3/b19-18-. The van der Waals surface area contributed by atoms with Crippen LogP contribution < -0.4 is 0 Å². The molecule has 0 amide bonds. The summed E-state index contributed by atoms with van der Waals surface area (Å²) in [6.45, 7) is 4.14. The molecule has 0 aliphatic rings. The zero-order chi connectivity index (χ0) is 35.7. The highest BCUT2D eigenvalue weighted by Gasteiger charge is 2.16. The normalized spacial score (nSPS) is 12.1. The first-order valence-corrected chi connectivity index (χ1v) is 21.7. The van der Waals surface area contributed by atoms with Gasteiger partial charge in [0.15, 0.2) is 6.10 Å². The second-order valence-electron chi connectivity index (χ2n) is 14.8. The number of ether oxygens (including phenoxy) is 2. The molecule has 0 aliphatic carbocycles. The van der Waals surface area contributed by atoms with Crippen LogP contribution in [0.2, 0.25) is 0 Å². The molecule has 290 valence electrons. The van der Waals surface area contributed by atoms with Gasteiger partial charge < -0.3 is 14.6 Å². The molecule has 0 radical (unpaired) electrons. The lowest BCUT2D eigenvalue weighted by molar-refractivity contribution is -0.161. The van der Waals surface area contributed by atoms with Crippen LogP contribution in [0.15, 0.2) is 12.2 Å². The van der Waals surface area contributed by atoms with Crippen molar-refractivity contribution in [2.75, 3.05) is 13.2 Å². The van der Waals surface area contributed by atoms with Crippen LogP contribution in [0, 0.1) is 0 Å². The average Bonchev–Trinajstić information content (AvgIpc) is 3.10. The van der Waals surface area contributed by atoms with Crippen molar-refractivity contribution in [1.29, 1.82) is 0 Å². The zero-order valence-corrected chi connectivity index (χ0v) is 33.0. The fourth-order valence-electron chi connectivity index (χ4n) is 6.49. The molecule has 0 fully saturated rings. The quantitative estimate of drug-likeness (QED) is 0.0393. The van der Waals surface area contributed by atoms with E-state index in [1.54, 1.807) is 0 Å². The molecular formula is C44H84O5. The Morgan fingerprint density at radius 2 is 0.755 bits per heavy atom. The maximum atomic E-state index is 12.2. The van der Waals surface area contributed by atoms with E-state index in [0.29, 0.717) is 12.8 Å². The number of unbranched alkanes of at least 4 members (excludes halogenated alkanes) is 30. The van der Waals surface area contributed by atoms with E-state index >= 15 is 0 Å². The van der Waals surface area contributed by atoms with E-state index in [1.807, 2.05) is 0 Å². The molecule has 0 aromatic heterocycles. The summed E-state index contributed by atoms with van der Waals surface area (Å²) in [7, 11) is 0. The van der Waals surface area contributed by atoms with Gasteiger partial charge in [0.05, 0.1) is 6.61 Å². The molecule has 0 spiro atoms. The predicted octanol–water partition coefficient (Wildman–Crippen LogP) is 13.7. The molecule has 1 unspecified atom stereocenters. The van der Waals surface area contributed by atoms with Gasteiger partial charge in [-0.15, -0.1) is 0 Å². The first-order valence-electron chi connectivity index (χ1n) is 21.7. The van der Waals surface area contributed by atoms with Gasteiger partial charge in [-0.25, -0.2) is 0 Å². The summed E-state index contributed by atoms with van der Waals surface area (Å²) >= 11 is 0. The number of carbonyl (C=O) groups is 2. The van der Waals surface area contributed by atoms with E-state index in [2.05, 4.69) is 26.0 Å². The van der Waals surface area contributed by atoms with Crippen LogP contribution in [0.3, 0.4) is 0 Å². The fraction of sp³-hybridized carbons (Fsp3) is 0.909. The minimum absolute atomic E-state index is 0.0596. The van der Waals surface area contributed by atoms with Crippen molar-refractivity contribution in [2.24, 2.45) is 0 Å². The smallest absolute Gasteiger partial charge is 0.306 e. The number of hydrogen-bond donors (Lipinski definition) is 1. The minimum Gasteiger partial charge on any atom is -0.462 e. The van der Waals surface area contributed by atoms with E-state index in [-0.39, 0.29) is 25.2 Å². The highest BCUT2D eigenvalue weighted by atomic mass is 16.6. The highest BCUT2D eigenvalue weighted by Crippen LogP contribution is 2.15. The van der Waals surface area contributed by atoms with Gasteiger partial charge in [0.1, 0.15) is 6.61 Å². The molecule has 49 heavy (non-hydrogen) atoms. The van der Waals surface area contributed by atoms with Gasteiger partial charge in [-0.2, -0.15) is 0 Å². The highest BCUT2D eigenvalue weighted by molar-refractivity contribution is 5.70. The molecule has 1 N–H and O–H groups in total. The monoisotopic (exact) mass is 693 g/mol. The summed E-state index contributed by atoms with van der Waals surface area (Å²) in [5, 5.41) is 9.55.